The quantitative estimate of drug-likeness (QED) is 0.195. The monoisotopic (exact) mass is 600 g/mol. The van der Waals surface area contributed by atoms with Crippen LogP contribution in [-0.2, 0) is 28.5 Å². The van der Waals surface area contributed by atoms with Gasteiger partial charge in [0.25, 0.3) is 0 Å². The van der Waals surface area contributed by atoms with Gasteiger partial charge in [0.05, 0.1) is 17.6 Å². The van der Waals surface area contributed by atoms with Crippen LogP contribution in [0.25, 0.3) is 6.08 Å². The van der Waals surface area contributed by atoms with Crippen molar-refractivity contribution >= 4 is 37.7 Å². The van der Waals surface area contributed by atoms with Crippen molar-refractivity contribution in [3.63, 3.8) is 0 Å². The molecule has 1 heterocycles. The topological polar surface area (TPSA) is 101 Å². The zero-order chi connectivity index (χ0) is 30.9. The molecular weight excluding hydrogens is 552 g/mol. The number of alkyl halides is 1. The zero-order valence-electron chi connectivity index (χ0n) is 26.1. The Kier molecular flexibility index (Phi) is 14.0. The number of aliphatic hydroxyl groups is 1. The molecule has 10 heteroatoms. The molecular formula is C30H49ClO8Si. The van der Waals surface area contributed by atoms with E-state index in [0.29, 0.717) is 23.8 Å². The van der Waals surface area contributed by atoms with Gasteiger partial charge < -0.3 is 28.8 Å². The van der Waals surface area contributed by atoms with E-state index >= 15 is 0 Å². The Morgan fingerprint density at radius 3 is 2.27 bits per heavy atom. The first kappa shape index (κ1) is 36.3. The average molecular weight is 601 g/mol. The SMILES string of the molecule is COCCl.Cc1cc(C)c(C(=O)OCC[Si](C)(C)C)c(/C=C/C(O)[C@@H]2OC(C)(C)O[C@@H]2COC(=O)C(C)(C)C)c1. The van der Waals surface area contributed by atoms with Gasteiger partial charge in [-0.2, -0.15) is 0 Å². The van der Waals surface area contributed by atoms with Crippen molar-refractivity contribution in [3.05, 3.63) is 40.5 Å². The molecule has 2 rings (SSSR count). The molecule has 0 aromatic heterocycles. The highest BCUT2D eigenvalue weighted by atomic mass is 35.5. The summed E-state index contributed by atoms with van der Waals surface area (Å²) >= 11 is 4.96. The highest BCUT2D eigenvalue weighted by Crippen LogP contribution is 2.31. The van der Waals surface area contributed by atoms with Crippen molar-refractivity contribution in [1.82, 2.24) is 0 Å². The summed E-state index contributed by atoms with van der Waals surface area (Å²) in [5, 5.41) is 11.0. The maximum atomic E-state index is 13.0. The van der Waals surface area contributed by atoms with E-state index < -0.39 is 37.6 Å². The minimum Gasteiger partial charge on any atom is -0.462 e. The van der Waals surface area contributed by atoms with Crippen LogP contribution in [0.2, 0.25) is 25.7 Å². The molecule has 0 radical (unpaired) electrons. The first-order valence-corrected chi connectivity index (χ1v) is 17.8. The second-order valence-electron chi connectivity index (χ2n) is 12.7. The van der Waals surface area contributed by atoms with Crippen LogP contribution < -0.4 is 0 Å². The molecule has 0 aliphatic carbocycles. The fourth-order valence-corrected chi connectivity index (χ4v) is 4.61. The number of benzene rings is 1. The van der Waals surface area contributed by atoms with Crippen LogP contribution in [0.1, 0.15) is 61.7 Å². The molecule has 1 aromatic carbocycles. The lowest BCUT2D eigenvalue weighted by atomic mass is 9.97. The average Bonchev–Trinajstić information content (AvgIpc) is 3.13. The number of carbonyl (C=O) groups is 2. The molecule has 0 bridgehead atoms. The van der Waals surface area contributed by atoms with Gasteiger partial charge >= 0.3 is 11.9 Å². The van der Waals surface area contributed by atoms with Crippen LogP contribution in [0.5, 0.6) is 0 Å². The molecule has 1 aliphatic rings. The van der Waals surface area contributed by atoms with Crippen LogP contribution >= 0.6 is 11.6 Å². The number of hydrogen-bond donors (Lipinski definition) is 1. The number of aryl methyl sites for hydroxylation is 2. The molecule has 1 aliphatic heterocycles. The smallest absolute Gasteiger partial charge is 0.338 e. The molecule has 228 valence electrons. The number of hydrogen-bond acceptors (Lipinski definition) is 8. The second kappa shape index (κ2) is 15.5. The lowest BCUT2D eigenvalue weighted by Crippen LogP contribution is -2.38. The van der Waals surface area contributed by atoms with Gasteiger partial charge in [-0.3, -0.25) is 4.79 Å². The third-order valence-corrected chi connectivity index (χ3v) is 7.85. The first-order valence-electron chi connectivity index (χ1n) is 13.5. The molecule has 3 atom stereocenters. The summed E-state index contributed by atoms with van der Waals surface area (Å²) in [4.78, 5) is 25.2. The minimum atomic E-state index is -1.33. The zero-order valence-corrected chi connectivity index (χ0v) is 27.8. The maximum absolute atomic E-state index is 13.0. The molecule has 1 N–H and O–H groups in total. The Balaban J connectivity index is 0.00000187. The Hall–Kier alpha value is -1.75. The van der Waals surface area contributed by atoms with E-state index in [9.17, 15) is 14.7 Å². The Labute approximate surface area is 246 Å². The summed E-state index contributed by atoms with van der Waals surface area (Å²) in [6.07, 6.45) is 0.855. The number of esters is 2. The van der Waals surface area contributed by atoms with E-state index in [4.69, 9.17) is 30.5 Å². The number of carbonyl (C=O) groups excluding carboxylic acids is 2. The molecule has 1 aromatic rings. The van der Waals surface area contributed by atoms with E-state index in [1.54, 1.807) is 53.9 Å². The lowest BCUT2D eigenvalue weighted by Gasteiger charge is -2.22. The van der Waals surface area contributed by atoms with Crippen LogP contribution in [0, 0.1) is 19.3 Å². The number of rotatable bonds is 10. The minimum absolute atomic E-state index is 0.0344. The normalized spacial score (nSPS) is 19.6. The van der Waals surface area contributed by atoms with Gasteiger partial charge in [-0.15, -0.1) is 0 Å². The van der Waals surface area contributed by atoms with Crippen LogP contribution in [0.3, 0.4) is 0 Å². The predicted molar refractivity (Wildman–Crippen MR) is 161 cm³/mol. The highest BCUT2D eigenvalue weighted by Gasteiger charge is 2.45. The summed E-state index contributed by atoms with van der Waals surface area (Å²) in [7, 11) is 0.218. The van der Waals surface area contributed by atoms with Gasteiger partial charge in [0, 0.05) is 15.2 Å². The number of aliphatic hydroxyl groups excluding tert-OH is 1. The summed E-state index contributed by atoms with van der Waals surface area (Å²) in [6, 6.07) is 5.02. The Bertz CT molecular complexity index is 1010. The van der Waals surface area contributed by atoms with Gasteiger partial charge in [0.2, 0.25) is 0 Å². The third kappa shape index (κ3) is 12.4. The summed E-state index contributed by atoms with van der Waals surface area (Å²) < 4.78 is 27.2. The van der Waals surface area contributed by atoms with E-state index in [1.165, 1.54) is 0 Å². The lowest BCUT2D eigenvalue weighted by molar-refractivity contribution is -0.166. The van der Waals surface area contributed by atoms with Crippen molar-refractivity contribution in [2.24, 2.45) is 5.41 Å². The molecule has 0 spiro atoms. The molecule has 8 nitrogen and oxygen atoms in total. The van der Waals surface area contributed by atoms with Crippen molar-refractivity contribution in [3.8, 4) is 0 Å². The van der Waals surface area contributed by atoms with Crippen LogP contribution in [0.4, 0.5) is 0 Å². The number of ether oxygens (including phenoxy) is 5. The first-order chi connectivity index (χ1) is 18.3. The van der Waals surface area contributed by atoms with Gasteiger partial charge in [-0.05, 0) is 65.6 Å². The second-order valence-corrected chi connectivity index (χ2v) is 18.6. The van der Waals surface area contributed by atoms with Crippen molar-refractivity contribution in [2.75, 3.05) is 26.4 Å². The summed E-state index contributed by atoms with van der Waals surface area (Å²) in [5.74, 6) is -1.66. The van der Waals surface area contributed by atoms with E-state index in [-0.39, 0.29) is 18.5 Å². The molecule has 1 unspecified atom stereocenters. The van der Waals surface area contributed by atoms with Crippen LogP contribution in [0.15, 0.2) is 18.2 Å². The largest absolute Gasteiger partial charge is 0.462 e. The molecule has 1 fully saturated rings. The number of methoxy groups -OCH3 is 1. The van der Waals surface area contributed by atoms with Crippen molar-refractivity contribution in [1.29, 1.82) is 0 Å². The molecule has 40 heavy (non-hydrogen) atoms. The van der Waals surface area contributed by atoms with E-state index in [2.05, 4.69) is 24.4 Å². The Morgan fingerprint density at radius 2 is 1.75 bits per heavy atom. The molecule has 0 saturated carbocycles. The van der Waals surface area contributed by atoms with Gasteiger partial charge in [0.15, 0.2) is 5.79 Å². The van der Waals surface area contributed by atoms with E-state index in [1.807, 2.05) is 26.0 Å². The predicted octanol–water partition coefficient (Wildman–Crippen LogP) is 6.11. The summed E-state index contributed by atoms with van der Waals surface area (Å²) in [6.45, 7) is 19.7. The van der Waals surface area contributed by atoms with E-state index in [0.717, 1.165) is 17.2 Å². The van der Waals surface area contributed by atoms with Gasteiger partial charge in [-0.1, -0.05) is 61.1 Å². The third-order valence-electron chi connectivity index (χ3n) is 5.93. The summed E-state index contributed by atoms with van der Waals surface area (Å²) in [5.41, 5.74) is 2.31. The maximum Gasteiger partial charge on any atom is 0.338 e. The fourth-order valence-electron chi connectivity index (χ4n) is 3.90. The Morgan fingerprint density at radius 1 is 1.15 bits per heavy atom. The van der Waals surface area contributed by atoms with Gasteiger partial charge in [-0.25, -0.2) is 4.79 Å². The fraction of sp³-hybridized carbons (Fsp3) is 0.667. The molecule has 1 saturated heterocycles. The molecule has 0 amide bonds. The van der Waals surface area contributed by atoms with Crippen LogP contribution in [-0.4, -0.2) is 75.6 Å². The highest BCUT2D eigenvalue weighted by molar-refractivity contribution is 6.76. The van der Waals surface area contributed by atoms with Gasteiger partial charge in [0.1, 0.15) is 31.0 Å². The number of halogens is 1. The van der Waals surface area contributed by atoms with Crippen molar-refractivity contribution in [2.45, 2.75) is 98.3 Å². The standard InChI is InChI=1S/C28H44O7Si.C2H5ClO/c1-18-15-19(2)23(25(30)32-13-14-36(8,9)10)20(16-18)11-12-21(29)24-22(34-28(6,7)35-24)17-33-26(31)27(3,4)5;1-4-2-3/h11-12,15-16,21-22,24,29H,13-14,17H2,1-10H3;2H2,1H3/b12-11+;/t21?,22-,24+;/m1./s1. The van der Waals surface area contributed by atoms with Crippen molar-refractivity contribution < 1.29 is 38.4 Å².